The lowest BCUT2D eigenvalue weighted by Crippen LogP contribution is -2.53. The van der Waals surface area contributed by atoms with Crippen molar-refractivity contribution >= 4 is 21.7 Å². The third kappa shape index (κ3) is 3.44. The zero-order chi connectivity index (χ0) is 14.9. The molecule has 0 bridgehead atoms. The van der Waals surface area contributed by atoms with Crippen molar-refractivity contribution in [3.8, 4) is 0 Å². The number of carboxylic acids is 1. The molecule has 0 aromatic heterocycles. The molecule has 0 aliphatic rings. The van der Waals surface area contributed by atoms with Crippen molar-refractivity contribution in [3.63, 3.8) is 0 Å². The van der Waals surface area contributed by atoms with E-state index in [1.54, 1.807) is 0 Å². The first-order valence-electron chi connectivity index (χ1n) is 5.46. The van der Waals surface area contributed by atoms with Crippen molar-refractivity contribution in [3.05, 3.63) is 0 Å². The normalized spacial score (nSPS) is 13.2. The predicted octanol–water partition coefficient (Wildman–Crippen LogP) is 0.521. The monoisotopic (exact) mass is 279 g/mol. The molecule has 0 aromatic carbocycles. The van der Waals surface area contributed by atoms with E-state index in [0.29, 0.717) is 0 Å². The highest BCUT2D eigenvalue weighted by Gasteiger charge is 2.39. The molecule has 0 radical (unpaired) electrons. The molecule has 0 heterocycles. The van der Waals surface area contributed by atoms with Crippen molar-refractivity contribution in [1.82, 2.24) is 4.90 Å². The zero-order valence-corrected chi connectivity index (χ0v) is 12.5. The molecule has 1 N–H and O–H groups in total. The molecule has 0 aromatic rings. The highest BCUT2D eigenvalue weighted by atomic mass is 32.2. The Balaban J connectivity index is 5.09. The van der Waals surface area contributed by atoms with E-state index in [2.05, 4.69) is 0 Å². The van der Waals surface area contributed by atoms with Crippen LogP contribution < -0.4 is 0 Å². The van der Waals surface area contributed by atoms with Crippen LogP contribution in [0.15, 0.2) is 0 Å². The van der Waals surface area contributed by atoms with Crippen molar-refractivity contribution in [2.75, 3.05) is 12.8 Å². The molecule has 0 rings (SSSR count). The number of hydrogen-bond acceptors (Lipinski definition) is 4. The van der Waals surface area contributed by atoms with Gasteiger partial charge in [-0.2, -0.15) is 0 Å². The quantitative estimate of drug-likeness (QED) is 0.810. The van der Waals surface area contributed by atoms with Gasteiger partial charge in [-0.1, -0.05) is 0 Å². The van der Waals surface area contributed by atoms with Crippen molar-refractivity contribution in [1.29, 1.82) is 0 Å². The molecule has 0 saturated carbocycles. The minimum Gasteiger partial charge on any atom is -0.480 e. The van der Waals surface area contributed by atoms with Crippen LogP contribution in [0.25, 0.3) is 0 Å². The van der Waals surface area contributed by atoms with E-state index in [1.165, 1.54) is 41.7 Å². The summed E-state index contributed by atoms with van der Waals surface area (Å²) in [5.74, 6) is -2.60. The fourth-order valence-corrected chi connectivity index (χ4v) is 1.88. The van der Waals surface area contributed by atoms with Crippen LogP contribution in [0.4, 0.5) is 0 Å². The third-order valence-electron chi connectivity index (χ3n) is 2.98. The third-order valence-corrected chi connectivity index (χ3v) is 5.48. The average molecular weight is 279 g/mol. The Labute approximate surface area is 108 Å². The van der Waals surface area contributed by atoms with E-state index in [0.717, 1.165) is 4.90 Å². The van der Waals surface area contributed by atoms with Gasteiger partial charge >= 0.3 is 5.97 Å². The van der Waals surface area contributed by atoms with E-state index in [9.17, 15) is 18.0 Å². The summed E-state index contributed by atoms with van der Waals surface area (Å²) < 4.78 is 22.7. The molecule has 0 aliphatic carbocycles. The van der Waals surface area contributed by atoms with Crippen LogP contribution in [0.3, 0.4) is 0 Å². The van der Waals surface area contributed by atoms with Gasteiger partial charge in [-0.3, -0.25) is 4.79 Å². The van der Waals surface area contributed by atoms with Gasteiger partial charge in [0.2, 0.25) is 5.91 Å². The Morgan fingerprint density at radius 2 is 1.50 bits per heavy atom. The summed E-state index contributed by atoms with van der Waals surface area (Å²) in [5.41, 5.74) is -1.44. The van der Waals surface area contributed by atoms with Gasteiger partial charge in [-0.15, -0.1) is 0 Å². The SMILES string of the molecule is CN(C(=O)CS(=O)(=O)C(C)(C)C)C(C)(C)C(=O)O. The Hall–Kier alpha value is -1.11. The Bertz CT molecular complexity index is 445. The number of carbonyl (C=O) groups excluding carboxylic acids is 1. The molecule has 106 valence electrons. The number of likely N-dealkylation sites (N-methyl/N-ethyl adjacent to an activating group) is 1. The first kappa shape index (κ1) is 16.9. The molecule has 0 unspecified atom stereocenters. The number of carbonyl (C=O) groups is 2. The van der Waals surface area contributed by atoms with Crippen LogP contribution in [-0.2, 0) is 19.4 Å². The summed E-state index contributed by atoms with van der Waals surface area (Å²) >= 11 is 0. The second kappa shape index (κ2) is 4.87. The molecule has 6 nitrogen and oxygen atoms in total. The van der Waals surface area contributed by atoms with Gasteiger partial charge in [0.05, 0.1) is 4.75 Å². The number of hydrogen-bond donors (Lipinski definition) is 1. The maximum atomic E-state index is 11.9. The highest BCUT2D eigenvalue weighted by Crippen LogP contribution is 2.19. The van der Waals surface area contributed by atoms with E-state index < -0.39 is 37.8 Å². The van der Waals surface area contributed by atoms with Crippen LogP contribution in [0.1, 0.15) is 34.6 Å². The molecule has 0 spiro atoms. The second-order valence-electron chi connectivity index (χ2n) is 5.69. The summed E-state index contributed by atoms with van der Waals surface area (Å²) in [5, 5.41) is 8.98. The van der Waals surface area contributed by atoms with Gasteiger partial charge in [0.15, 0.2) is 9.84 Å². The number of aliphatic carboxylic acids is 1. The van der Waals surface area contributed by atoms with E-state index in [4.69, 9.17) is 5.11 Å². The average Bonchev–Trinajstić information content (AvgIpc) is 2.13. The molecule has 0 aliphatic heterocycles. The van der Waals surface area contributed by atoms with E-state index >= 15 is 0 Å². The number of amides is 1. The lowest BCUT2D eigenvalue weighted by molar-refractivity contribution is -0.154. The van der Waals surface area contributed by atoms with Crippen molar-refractivity contribution in [2.45, 2.75) is 44.9 Å². The van der Waals surface area contributed by atoms with Gasteiger partial charge < -0.3 is 10.0 Å². The van der Waals surface area contributed by atoms with Gasteiger partial charge in [-0.05, 0) is 34.6 Å². The molecule has 0 fully saturated rings. The van der Waals surface area contributed by atoms with Crippen molar-refractivity contribution in [2.24, 2.45) is 0 Å². The van der Waals surface area contributed by atoms with Gasteiger partial charge in [0, 0.05) is 7.05 Å². The van der Waals surface area contributed by atoms with Gasteiger partial charge in [-0.25, -0.2) is 13.2 Å². The molecule has 1 amide bonds. The van der Waals surface area contributed by atoms with Gasteiger partial charge in [0.25, 0.3) is 0 Å². The smallest absolute Gasteiger partial charge is 0.329 e. The zero-order valence-electron chi connectivity index (χ0n) is 11.6. The molecule has 0 saturated heterocycles. The van der Waals surface area contributed by atoms with Crippen molar-refractivity contribution < 1.29 is 23.1 Å². The Kier molecular flexibility index (Phi) is 4.57. The fraction of sp³-hybridized carbons (Fsp3) is 0.818. The summed E-state index contributed by atoms with van der Waals surface area (Å²) in [7, 11) is -2.33. The highest BCUT2D eigenvalue weighted by molar-refractivity contribution is 7.93. The van der Waals surface area contributed by atoms with E-state index in [1.807, 2.05) is 0 Å². The first-order chi connectivity index (χ1) is 7.73. The largest absolute Gasteiger partial charge is 0.480 e. The Morgan fingerprint density at radius 1 is 1.11 bits per heavy atom. The molecule has 0 atom stereocenters. The van der Waals surface area contributed by atoms with Crippen LogP contribution in [-0.4, -0.2) is 53.4 Å². The maximum absolute atomic E-state index is 11.9. The summed E-state index contributed by atoms with van der Waals surface area (Å²) in [6.07, 6.45) is 0. The van der Waals surface area contributed by atoms with Crippen LogP contribution >= 0.6 is 0 Å². The van der Waals surface area contributed by atoms with Gasteiger partial charge in [0.1, 0.15) is 11.3 Å². The summed E-state index contributed by atoms with van der Waals surface area (Å²) in [6.45, 7) is 7.18. The first-order valence-corrected chi connectivity index (χ1v) is 7.11. The number of carboxylic acid groups (broad SMARTS) is 1. The minimum atomic E-state index is -3.61. The molecule has 18 heavy (non-hydrogen) atoms. The maximum Gasteiger partial charge on any atom is 0.329 e. The number of nitrogens with zero attached hydrogens (tertiary/aromatic N) is 1. The summed E-state index contributed by atoms with van der Waals surface area (Å²) in [6, 6.07) is 0. The standard InChI is InChI=1S/C11H21NO5S/c1-10(2,3)18(16,17)7-8(13)12(6)11(4,5)9(14)15/h7H2,1-6H3,(H,14,15). The molecule has 7 heteroatoms. The topological polar surface area (TPSA) is 91.8 Å². The second-order valence-corrected chi connectivity index (χ2v) is 8.43. The number of rotatable bonds is 4. The van der Waals surface area contributed by atoms with Crippen LogP contribution in [0.5, 0.6) is 0 Å². The summed E-state index contributed by atoms with van der Waals surface area (Å²) in [4.78, 5) is 23.8. The lowest BCUT2D eigenvalue weighted by atomic mass is 10.0. The van der Waals surface area contributed by atoms with Crippen LogP contribution in [0.2, 0.25) is 0 Å². The lowest BCUT2D eigenvalue weighted by Gasteiger charge is -2.32. The number of sulfone groups is 1. The fourth-order valence-electron chi connectivity index (χ4n) is 0.931. The minimum absolute atomic E-state index is 0.691. The molecular weight excluding hydrogens is 258 g/mol. The predicted molar refractivity (Wildman–Crippen MR) is 68.0 cm³/mol. The molecular formula is C11H21NO5S. The van der Waals surface area contributed by atoms with E-state index in [-0.39, 0.29) is 0 Å². The Morgan fingerprint density at radius 3 is 1.78 bits per heavy atom. The van der Waals surface area contributed by atoms with Crippen LogP contribution in [0, 0.1) is 0 Å².